The van der Waals surface area contributed by atoms with E-state index in [1.807, 2.05) is 0 Å². The van der Waals surface area contributed by atoms with Crippen LogP contribution >= 0.6 is 0 Å². The van der Waals surface area contributed by atoms with Gasteiger partial charge in [0.1, 0.15) is 0 Å². The number of nitrogens with one attached hydrogen (secondary N) is 1. The van der Waals surface area contributed by atoms with Gasteiger partial charge in [-0.05, 0) is 25.2 Å². The zero-order chi connectivity index (χ0) is 22.4. The molecule has 2 aliphatic rings. The minimum Gasteiger partial charge on any atom is -0.355 e. The van der Waals surface area contributed by atoms with Gasteiger partial charge in [0.2, 0.25) is 11.8 Å². The highest BCUT2D eigenvalue weighted by molar-refractivity contribution is 5.79. The number of alkyl halides is 5. The first-order valence-corrected chi connectivity index (χ1v) is 10.2. The molecule has 1 amide bonds. The van der Waals surface area contributed by atoms with Crippen LogP contribution in [0.15, 0.2) is 12.4 Å². The zero-order valence-electron chi connectivity index (χ0n) is 16.6. The minimum absolute atomic E-state index is 0.0125. The van der Waals surface area contributed by atoms with Crippen LogP contribution in [0.25, 0.3) is 5.78 Å². The van der Waals surface area contributed by atoms with Crippen molar-refractivity contribution in [1.29, 1.82) is 0 Å². The van der Waals surface area contributed by atoms with E-state index in [1.165, 1.54) is 10.7 Å². The number of amides is 1. The third-order valence-electron chi connectivity index (χ3n) is 6.25. The van der Waals surface area contributed by atoms with E-state index in [0.717, 1.165) is 0 Å². The van der Waals surface area contributed by atoms with Crippen molar-refractivity contribution in [2.45, 2.75) is 56.7 Å². The second-order valence-corrected chi connectivity index (χ2v) is 8.50. The highest BCUT2D eigenvalue weighted by Crippen LogP contribution is 2.40. The molecule has 0 aromatic carbocycles. The van der Waals surface area contributed by atoms with Crippen molar-refractivity contribution in [2.75, 3.05) is 6.54 Å². The van der Waals surface area contributed by atoms with Gasteiger partial charge in [-0.1, -0.05) is 0 Å². The number of rotatable bonds is 4. The number of aromatic nitrogens is 4. The number of halogens is 5. The lowest BCUT2D eigenvalue weighted by molar-refractivity contribution is -0.183. The molecule has 0 spiro atoms. The largest absolute Gasteiger partial charge is 0.393 e. The summed E-state index contributed by atoms with van der Waals surface area (Å²) < 4.78 is 67.2. The molecule has 2 fully saturated rings. The van der Waals surface area contributed by atoms with Crippen LogP contribution in [0.4, 0.5) is 22.0 Å². The molecule has 1 aliphatic heterocycles. The number of nitrogens with zero attached hydrogens (tertiary/aromatic N) is 4. The Balaban J connectivity index is 1.47. The molecule has 7 nitrogen and oxygen atoms in total. The third kappa shape index (κ3) is 4.78. The first-order chi connectivity index (χ1) is 14.5. The van der Waals surface area contributed by atoms with E-state index in [9.17, 15) is 26.7 Å². The Labute approximate surface area is 174 Å². The van der Waals surface area contributed by atoms with Crippen LogP contribution in [0.2, 0.25) is 0 Å². The number of hydrogen-bond donors (Lipinski definition) is 2. The van der Waals surface area contributed by atoms with Crippen LogP contribution in [0.5, 0.6) is 0 Å². The average molecular weight is 446 g/mol. The molecule has 1 saturated heterocycles. The number of nitrogens with two attached hydrogens (primary N) is 1. The first-order valence-electron chi connectivity index (χ1n) is 10.2. The van der Waals surface area contributed by atoms with Gasteiger partial charge >= 0.3 is 6.18 Å². The molecule has 4 rings (SSSR count). The van der Waals surface area contributed by atoms with Crippen LogP contribution in [0.1, 0.15) is 49.5 Å². The van der Waals surface area contributed by atoms with Crippen molar-refractivity contribution in [3.8, 4) is 0 Å². The Morgan fingerprint density at radius 1 is 1.29 bits per heavy atom. The van der Waals surface area contributed by atoms with Gasteiger partial charge in [0.25, 0.3) is 5.78 Å². The second-order valence-electron chi connectivity index (χ2n) is 8.50. The van der Waals surface area contributed by atoms with Gasteiger partial charge in [0.15, 0.2) is 0 Å². The summed E-state index contributed by atoms with van der Waals surface area (Å²) in [4.78, 5) is 20.5. The van der Waals surface area contributed by atoms with Gasteiger partial charge in [0, 0.05) is 31.7 Å². The lowest BCUT2D eigenvalue weighted by Crippen LogP contribution is -2.47. The Kier molecular flexibility index (Phi) is 5.61. The molecular weight excluding hydrogens is 423 g/mol. The lowest BCUT2D eigenvalue weighted by Gasteiger charge is -2.31. The Bertz CT molecular complexity index is 951. The summed E-state index contributed by atoms with van der Waals surface area (Å²) in [6.07, 6.45) is -1.55. The number of piperidine rings is 1. The molecule has 3 atom stereocenters. The standard InChI is InChI=1S/C19H23F5N6O/c20-18(21)3-1-10(2-4-18)15(25)14-9-30-17(28-14)27-8-13(29-30)6-11-5-12(19(22,23)24)7-26-16(11)31/h8-12,15H,1-7,25H2,(H,26,31)/t11-,12+,15+/m1/s1. The summed E-state index contributed by atoms with van der Waals surface area (Å²) in [7, 11) is 0. The molecule has 0 bridgehead atoms. The van der Waals surface area contributed by atoms with E-state index >= 15 is 0 Å². The van der Waals surface area contributed by atoms with Gasteiger partial charge in [-0.15, -0.1) is 0 Å². The van der Waals surface area contributed by atoms with E-state index in [2.05, 4.69) is 20.4 Å². The lowest BCUT2D eigenvalue weighted by atomic mass is 9.81. The predicted molar refractivity (Wildman–Crippen MR) is 99.0 cm³/mol. The van der Waals surface area contributed by atoms with E-state index in [0.29, 0.717) is 24.2 Å². The molecule has 3 heterocycles. The monoisotopic (exact) mass is 446 g/mol. The van der Waals surface area contributed by atoms with Crippen molar-refractivity contribution in [3.05, 3.63) is 23.8 Å². The fourth-order valence-electron chi connectivity index (χ4n) is 4.33. The summed E-state index contributed by atoms with van der Waals surface area (Å²) in [5, 5.41) is 6.63. The molecule has 1 aliphatic carbocycles. The molecule has 2 aromatic rings. The maximum absolute atomic E-state index is 13.4. The second kappa shape index (κ2) is 7.95. The fraction of sp³-hybridized carbons (Fsp3) is 0.684. The third-order valence-corrected chi connectivity index (χ3v) is 6.25. The number of hydrogen-bond acceptors (Lipinski definition) is 5. The summed E-state index contributed by atoms with van der Waals surface area (Å²) in [5.74, 6) is -5.42. The van der Waals surface area contributed by atoms with Gasteiger partial charge < -0.3 is 11.1 Å². The molecule has 170 valence electrons. The van der Waals surface area contributed by atoms with Crippen molar-refractivity contribution >= 4 is 11.7 Å². The van der Waals surface area contributed by atoms with Crippen LogP contribution in [0.3, 0.4) is 0 Å². The SMILES string of the molecule is N[C@H](c1cn2nc(C[C@H]3C[C@H](C(F)(F)F)CNC3=O)cnc2n1)C1CCC(F)(F)CC1. The summed E-state index contributed by atoms with van der Waals surface area (Å²) in [6, 6.07) is -0.542. The van der Waals surface area contributed by atoms with Crippen molar-refractivity contribution in [2.24, 2.45) is 23.5 Å². The van der Waals surface area contributed by atoms with Crippen LogP contribution in [0, 0.1) is 17.8 Å². The van der Waals surface area contributed by atoms with Gasteiger partial charge in [-0.25, -0.2) is 23.3 Å². The fourth-order valence-corrected chi connectivity index (χ4v) is 4.33. The summed E-state index contributed by atoms with van der Waals surface area (Å²) in [5.41, 5.74) is 7.07. The van der Waals surface area contributed by atoms with E-state index in [-0.39, 0.29) is 37.4 Å². The van der Waals surface area contributed by atoms with E-state index < -0.39 is 42.4 Å². The van der Waals surface area contributed by atoms with E-state index in [4.69, 9.17) is 5.73 Å². The number of carbonyl (C=O) groups excluding carboxylic acids is 1. The van der Waals surface area contributed by atoms with Crippen molar-refractivity contribution in [3.63, 3.8) is 0 Å². The average Bonchev–Trinajstić information content (AvgIpc) is 3.11. The first kappa shape index (κ1) is 21.8. The smallest absolute Gasteiger partial charge is 0.355 e. The Morgan fingerprint density at radius 3 is 2.68 bits per heavy atom. The van der Waals surface area contributed by atoms with Gasteiger partial charge in [-0.3, -0.25) is 4.79 Å². The predicted octanol–water partition coefficient (Wildman–Crippen LogP) is 2.81. The quantitative estimate of drug-likeness (QED) is 0.704. The molecule has 2 aromatic heterocycles. The highest BCUT2D eigenvalue weighted by atomic mass is 19.4. The minimum atomic E-state index is -4.37. The normalized spacial score (nSPS) is 26.1. The van der Waals surface area contributed by atoms with Crippen LogP contribution < -0.4 is 11.1 Å². The van der Waals surface area contributed by atoms with E-state index in [1.54, 1.807) is 6.20 Å². The van der Waals surface area contributed by atoms with Gasteiger partial charge in [-0.2, -0.15) is 18.3 Å². The van der Waals surface area contributed by atoms with Gasteiger partial charge in [0.05, 0.1) is 35.7 Å². The van der Waals surface area contributed by atoms with Crippen LogP contribution in [-0.4, -0.2) is 44.1 Å². The highest BCUT2D eigenvalue weighted by Gasteiger charge is 2.44. The zero-order valence-corrected chi connectivity index (χ0v) is 16.6. The molecule has 31 heavy (non-hydrogen) atoms. The maximum atomic E-state index is 13.4. The van der Waals surface area contributed by atoms with Crippen LogP contribution in [-0.2, 0) is 11.2 Å². The molecule has 0 radical (unpaired) electrons. The topological polar surface area (TPSA) is 98.2 Å². The summed E-state index contributed by atoms with van der Waals surface area (Å²) in [6.45, 7) is -0.417. The number of fused-ring (bicyclic) bond motifs is 1. The molecule has 1 saturated carbocycles. The number of imidazole rings is 1. The summed E-state index contributed by atoms with van der Waals surface area (Å²) >= 11 is 0. The number of carbonyl (C=O) groups is 1. The van der Waals surface area contributed by atoms with Crippen molar-refractivity contribution in [1.82, 2.24) is 24.9 Å². The molecule has 0 unspecified atom stereocenters. The molecular formula is C19H23F5N6O. The Hall–Kier alpha value is -2.37. The Morgan fingerprint density at radius 2 is 2.00 bits per heavy atom. The molecule has 3 N–H and O–H groups in total. The maximum Gasteiger partial charge on any atom is 0.393 e. The molecule has 12 heteroatoms. The van der Waals surface area contributed by atoms with Crippen molar-refractivity contribution < 1.29 is 26.7 Å².